The number of carboxylic acids is 1. The van der Waals surface area contributed by atoms with Crippen LogP contribution in [0.4, 0.5) is 0 Å². The molecule has 8 nitrogen and oxygen atoms in total. The molecule has 18 heavy (non-hydrogen) atoms. The monoisotopic (exact) mass is 259 g/mol. The summed E-state index contributed by atoms with van der Waals surface area (Å²) in [7, 11) is 0. The quantitative estimate of drug-likeness (QED) is 0.413. The number of primary amides is 1. The number of hydrogen-bond acceptors (Lipinski definition) is 4. The predicted octanol–water partition coefficient (Wildman–Crippen LogP) is -1.65. The molecular formula is C10H17N3O5. The lowest BCUT2D eigenvalue weighted by Crippen LogP contribution is -2.48. The highest BCUT2D eigenvalue weighted by Gasteiger charge is 2.20. The van der Waals surface area contributed by atoms with Gasteiger partial charge in [-0.05, 0) is 6.42 Å². The summed E-state index contributed by atoms with van der Waals surface area (Å²) in [6, 6.07) is -0.954. The summed E-state index contributed by atoms with van der Waals surface area (Å²) in [4.78, 5) is 43.7. The van der Waals surface area contributed by atoms with Crippen molar-refractivity contribution in [3.05, 3.63) is 0 Å². The van der Waals surface area contributed by atoms with E-state index in [2.05, 4.69) is 10.6 Å². The van der Waals surface area contributed by atoms with E-state index in [1.807, 2.05) is 0 Å². The number of carboxylic acid groups (broad SMARTS) is 1. The van der Waals surface area contributed by atoms with Crippen LogP contribution in [0.2, 0.25) is 0 Å². The molecule has 0 fully saturated rings. The van der Waals surface area contributed by atoms with Gasteiger partial charge in [0, 0.05) is 12.8 Å². The molecule has 1 unspecified atom stereocenters. The molecule has 0 rings (SSSR count). The third-order valence-corrected chi connectivity index (χ3v) is 2.07. The molecule has 0 aromatic heterocycles. The van der Waals surface area contributed by atoms with Gasteiger partial charge >= 0.3 is 5.97 Å². The molecule has 0 saturated carbocycles. The number of carbonyl (C=O) groups excluding carboxylic acids is 3. The van der Waals surface area contributed by atoms with Crippen LogP contribution >= 0.6 is 0 Å². The third kappa shape index (κ3) is 7.20. The second kappa shape index (κ2) is 8.04. The molecule has 0 saturated heterocycles. The topological polar surface area (TPSA) is 139 Å². The Bertz CT molecular complexity index is 342. The second-order valence-corrected chi connectivity index (χ2v) is 3.59. The van der Waals surface area contributed by atoms with Gasteiger partial charge in [0.2, 0.25) is 17.7 Å². The zero-order valence-corrected chi connectivity index (χ0v) is 10.1. The average Bonchev–Trinajstić information content (AvgIpc) is 2.30. The Balaban J connectivity index is 4.42. The first kappa shape index (κ1) is 15.9. The van der Waals surface area contributed by atoms with Crippen LogP contribution in [0.1, 0.15) is 26.2 Å². The molecule has 0 aliphatic heterocycles. The first-order valence-corrected chi connectivity index (χ1v) is 5.44. The van der Waals surface area contributed by atoms with Crippen molar-refractivity contribution in [3.8, 4) is 0 Å². The van der Waals surface area contributed by atoms with Crippen molar-refractivity contribution in [1.29, 1.82) is 0 Å². The van der Waals surface area contributed by atoms with Crippen LogP contribution < -0.4 is 16.4 Å². The number of aliphatic carboxylic acids is 1. The summed E-state index contributed by atoms with van der Waals surface area (Å²) in [6.07, 6.45) is 0.140. The minimum absolute atomic E-state index is 0.0343. The molecule has 0 radical (unpaired) electrons. The van der Waals surface area contributed by atoms with Gasteiger partial charge in [-0.3, -0.25) is 19.2 Å². The Hall–Kier alpha value is -2.12. The predicted molar refractivity (Wildman–Crippen MR) is 61.3 cm³/mol. The van der Waals surface area contributed by atoms with E-state index in [1.165, 1.54) is 0 Å². The highest BCUT2D eigenvalue weighted by Crippen LogP contribution is 1.98. The van der Waals surface area contributed by atoms with Gasteiger partial charge in [0.05, 0.1) is 0 Å². The molecule has 5 N–H and O–H groups in total. The Morgan fingerprint density at radius 3 is 2.33 bits per heavy atom. The minimum Gasteiger partial charge on any atom is -0.480 e. The summed E-state index contributed by atoms with van der Waals surface area (Å²) in [5.41, 5.74) is 4.95. The van der Waals surface area contributed by atoms with Gasteiger partial charge in [0.15, 0.2) is 0 Å². The molecule has 0 aliphatic carbocycles. The smallest absolute Gasteiger partial charge is 0.322 e. The van der Waals surface area contributed by atoms with Crippen LogP contribution in [0, 0.1) is 0 Å². The Morgan fingerprint density at radius 2 is 1.89 bits per heavy atom. The molecule has 8 heteroatoms. The SMILES string of the molecule is CCC(=O)NC(CCC(N)=O)C(=O)NCC(=O)O. The van der Waals surface area contributed by atoms with E-state index in [-0.39, 0.29) is 25.2 Å². The van der Waals surface area contributed by atoms with Crippen LogP contribution in [0.5, 0.6) is 0 Å². The normalized spacial score (nSPS) is 11.4. The van der Waals surface area contributed by atoms with Gasteiger partial charge in [-0.15, -0.1) is 0 Å². The summed E-state index contributed by atoms with van der Waals surface area (Å²) >= 11 is 0. The Morgan fingerprint density at radius 1 is 1.28 bits per heavy atom. The molecular weight excluding hydrogens is 242 g/mol. The molecule has 0 aromatic carbocycles. The maximum absolute atomic E-state index is 11.6. The fraction of sp³-hybridized carbons (Fsp3) is 0.600. The van der Waals surface area contributed by atoms with E-state index in [0.717, 1.165) is 0 Å². The zero-order valence-electron chi connectivity index (χ0n) is 10.1. The van der Waals surface area contributed by atoms with Crippen molar-refractivity contribution in [1.82, 2.24) is 10.6 Å². The van der Waals surface area contributed by atoms with E-state index >= 15 is 0 Å². The van der Waals surface area contributed by atoms with E-state index in [0.29, 0.717) is 0 Å². The van der Waals surface area contributed by atoms with Gasteiger partial charge in [-0.2, -0.15) is 0 Å². The van der Waals surface area contributed by atoms with Crippen molar-refractivity contribution in [2.24, 2.45) is 5.73 Å². The van der Waals surface area contributed by atoms with Gasteiger partial charge in [0.1, 0.15) is 12.6 Å². The van der Waals surface area contributed by atoms with E-state index < -0.39 is 30.4 Å². The fourth-order valence-corrected chi connectivity index (χ4v) is 1.14. The van der Waals surface area contributed by atoms with Gasteiger partial charge in [0.25, 0.3) is 0 Å². The van der Waals surface area contributed by atoms with Crippen LogP contribution in [0.3, 0.4) is 0 Å². The summed E-state index contributed by atoms with van der Waals surface area (Å²) < 4.78 is 0. The molecule has 0 spiro atoms. The van der Waals surface area contributed by atoms with Crippen molar-refractivity contribution in [2.45, 2.75) is 32.2 Å². The van der Waals surface area contributed by atoms with E-state index in [1.54, 1.807) is 6.92 Å². The first-order valence-electron chi connectivity index (χ1n) is 5.44. The van der Waals surface area contributed by atoms with Crippen molar-refractivity contribution < 1.29 is 24.3 Å². The summed E-state index contributed by atoms with van der Waals surface area (Å²) in [6.45, 7) is 1.06. The Kier molecular flexibility index (Phi) is 7.10. The number of amides is 3. The molecule has 102 valence electrons. The minimum atomic E-state index is -1.20. The molecule has 0 bridgehead atoms. The number of nitrogens with one attached hydrogen (secondary N) is 2. The lowest BCUT2D eigenvalue weighted by molar-refractivity contribution is -0.138. The molecule has 0 heterocycles. The number of hydrogen-bond donors (Lipinski definition) is 4. The summed E-state index contributed by atoms with van der Waals surface area (Å²) in [5.74, 6) is -2.81. The second-order valence-electron chi connectivity index (χ2n) is 3.59. The number of carbonyl (C=O) groups is 4. The first-order chi connectivity index (χ1) is 8.36. The lowest BCUT2D eigenvalue weighted by atomic mass is 10.1. The van der Waals surface area contributed by atoms with Crippen molar-refractivity contribution in [3.63, 3.8) is 0 Å². The van der Waals surface area contributed by atoms with E-state index in [4.69, 9.17) is 10.8 Å². The molecule has 3 amide bonds. The lowest BCUT2D eigenvalue weighted by Gasteiger charge is -2.16. The molecule has 1 atom stereocenters. The number of nitrogens with two attached hydrogens (primary N) is 1. The highest BCUT2D eigenvalue weighted by atomic mass is 16.4. The van der Waals surface area contributed by atoms with Crippen molar-refractivity contribution >= 4 is 23.7 Å². The van der Waals surface area contributed by atoms with Crippen LogP contribution in [-0.2, 0) is 19.2 Å². The fourth-order valence-electron chi connectivity index (χ4n) is 1.14. The van der Waals surface area contributed by atoms with E-state index in [9.17, 15) is 19.2 Å². The number of rotatable bonds is 8. The van der Waals surface area contributed by atoms with Crippen LogP contribution in [0.25, 0.3) is 0 Å². The summed E-state index contributed by atoms with van der Waals surface area (Å²) in [5, 5.41) is 12.9. The third-order valence-electron chi connectivity index (χ3n) is 2.07. The molecule has 0 aliphatic rings. The maximum Gasteiger partial charge on any atom is 0.322 e. The average molecular weight is 259 g/mol. The van der Waals surface area contributed by atoms with Gasteiger partial charge in [-0.25, -0.2) is 0 Å². The molecule has 0 aromatic rings. The largest absolute Gasteiger partial charge is 0.480 e. The van der Waals surface area contributed by atoms with Crippen molar-refractivity contribution in [2.75, 3.05) is 6.54 Å². The maximum atomic E-state index is 11.6. The standard InChI is InChI=1S/C10H17N3O5/c1-2-8(15)13-6(3-4-7(11)14)10(18)12-5-9(16)17/h6H,2-5H2,1H3,(H2,11,14)(H,12,18)(H,13,15)(H,16,17). The van der Waals surface area contributed by atoms with Crippen LogP contribution in [0.15, 0.2) is 0 Å². The Labute approximate surface area is 104 Å². The zero-order chi connectivity index (χ0) is 14.1. The van der Waals surface area contributed by atoms with Gasteiger partial charge < -0.3 is 21.5 Å². The van der Waals surface area contributed by atoms with Crippen LogP contribution in [-0.4, -0.2) is 41.4 Å². The van der Waals surface area contributed by atoms with Gasteiger partial charge in [-0.1, -0.05) is 6.92 Å². The highest BCUT2D eigenvalue weighted by molar-refractivity contribution is 5.89.